The molecular formula is C23H23ClN2. The molecule has 26 heavy (non-hydrogen) atoms. The predicted octanol–water partition coefficient (Wildman–Crippen LogP) is 6.08. The summed E-state index contributed by atoms with van der Waals surface area (Å²) in [6, 6.07) is 25.8. The van der Waals surface area contributed by atoms with Crippen molar-refractivity contribution in [3.63, 3.8) is 0 Å². The van der Waals surface area contributed by atoms with Crippen LogP contribution in [0.3, 0.4) is 0 Å². The summed E-state index contributed by atoms with van der Waals surface area (Å²) < 4.78 is 0. The van der Waals surface area contributed by atoms with E-state index < -0.39 is 0 Å². The molecule has 0 spiro atoms. The van der Waals surface area contributed by atoms with Gasteiger partial charge in [0.25, 0.3) is 0 Å². The molecule has 1 N–H and O–H groups in total. The molecule has 1 aliphatic rings. The van der Waals surface area contributed by atoms with E-state index in [9.17, 15) is 0 Å². The van der Waals surface area contributed by atoms with E-state index in [-0.39, 0.29) is 0 Å². The van der Waals surface area contributed by atoms with Gasteiger partial charge in [0.1, 0.15) is 0 Å². The van der Waals surface area contributed by atoms with Crippen LogP contribution in [0.2, 0.25) is 5.02 Å². The fourth-order valence-corrected chi connectivity index (χ4v) is 3.90. The number of fused-ring (bicyclic) bond motifs is 1. The lowest BCUT2D eigenvalue weighted by atomic mass is 10.1. The summed E-state index contributed by atoms with van der Waals surface area (Å²) in [6.45, 7) is 0.909. The van der Waals surface area contributed by atoms with Gasteiger partial charge in [0.05, 0.1) is 6.04 Å². The number of anilines is 2. The molecule has 1 atom stereocenters. The predicted molar refractivity (Wildman–Crippen MR) is 111 cm³/mol. The van der Waals surface area contributed by atoms with E-state index >= 15 is 0 Å². The highest BCUT2D eigenvalue weighted by Gasteiger charge is 2.23. The molecule has 0 bridgehead atoms. The summed E-state index contributed by atoms with van der Waals surface area (Å²) in [6.07, 6.45) is 2.24. The number of halogens is 1. The Hall–Kier alpha value is -2.45. The minimum atomic E-state index is 0.341. The largest absolute Gasteiger partial charge is 0.378 e. The van der Waals surface area contributed by atoms with Crippen LogP contribution in [0.4, 0.5) is 11.4 Å². The summed E-state index contributed by atoms with van der Waals surface area (Å²) in [4.78, 5) is 2.31. The van der Waals surface area contributed by atoms with Crippen molar-refractivity contribution in [2.24, 2.45) is 0 Å². The van der Waals surface area contributed by atoms with Crippen LogP contribution in [-0.4, -0.2) is 7.05 Å². The van der Waals surface area contributed by atoms with E-state index in [1.54, 1.807) is 0 Å². The van der Waals surface area contributed by atoms with E-state index in [2.05, 4.69) is 71.9 Å². The molecule has 0 amide bonds. The molecule has 0 fully saturated rings. The van der Waals surface area contributed by atoms with Crippen LogP contribution in [0.5, 0.6) is 0 Å². The first-order valence-electron chi connectivity index (χ1n) is 9.09. The van der Waals surface area contributed by atoms with Crippen LogP contribution in [0.15, 0.2) is 72.8 Å². The molecule has 132 valence electrons. The van der Waals surface area contributed by atoms with Gasteiger partial charge in [-0.2, -0.15) is 0 Å². The van der Waals surface area contributed by atoms with Crippen LogP contribution in [0, 0.1) is 0 Å². The Bertz CT molecular complexity index is 892. The number of rotatable bonds is 5. The lowest BCUT2D eigenvalue weighted by Gasteiger charge is -2.22. The highest BCUT2D eigenvalue weighted by Crippen LogP contribution is 2.36. The Morgan fingerprint density at radius 1 is 1.00 bits per heavy atom. The summed E-state index contributed by atoms with van der Waals surface area (Å²) >= 11 is 6.13. The third-order valence-corrected chi connectivity index (χ3v) is 5.31. The van der Waals surface area contributed by atoms with Crippen molar-refractivity contribution in [1.82, 2.24) is 0 Å². The molecule has 0 aromatic heterocycles. The number of hydrogen-bond donors (Lipinski definition) is 1. The van der Waals surface area contributed by atoms with Crippen molar-refractivity contribution in [1.29, 1.82) is 0 Å². The highest BCUT2D eigenvalue weighted by molar-refractivity contribution is 6.30. The van der Waals surface area contributed by atoms with Gasteiger partial charge in [0.2, 0.25) is 0 Å². The van der Waals surface area contributed by atoms with Gasteiger partial charge in [-0.05, 0) is 59.9 Å². The lowest BCUT2D eigenvalue weighted by molar-refractivity contribution is 0.761. The van der Waals surface area contributed by atoms with E-state index in [4.69, 9.17) is 11.6 Å². The maximum atomic E-state index is 6.13. The summed E-state index contributed by atoms with van der Waals surface area (Å²) in [5, 5.41) is 4.42. The van der Waals surface area contributed by atoms with E-state index in [1.807, 2.05) is 18.2 Å². The molecular weight excluding hydrogens is 340 g/mol. The topological polar surface area (TPSA) is 15.3 Å². The molecule has 4 rings (SSSR count). The third-order valence-electron chi connectivity index (χ3n) is 5.08. The van der Waals surface area contributed by atoms with Crippen molar-refractivity contribution in [2.45, 2.75) is 25.4 Å². The zero-order chi connectivity index (χ0) is 17.9. The minimum Gasteiger partial charge on any atom is -0.378 e. The number of nitrogens with zero attached hydrogens (tertiary/aromatic N) is 1. The van der Waals surface area contributed by atoms with Crippen molar-refractivity contribution in [3.05, 3.63) is 94.5 Å². The Morgan fingerprint density at radius 2 is 1.85 bits per heavy atom. The SMILES string of the molecule is CN(Cc1ccccc1)c1ccc2c(c1)C(Nc1cccc(Cl)c1)CC2. The molecule has 1 aliphatic carbocycles. The Balaban J connectivity index is 1.54. The standard InChI is InChI=1S/C23H23ClN2/c1-26(16-17-6-3-2-4-7-17)21-12-10-18-11-13-23(22(18)15-21)25-20-9-5-8-19(24)14-20/h2-10,12,14-15,23,25H,11,13,16H2,1H3. The maximum absolute atomic E-state index is 6.13. The van der Waals surface area contributed by atoms with Gasteiger partial charge in [-0.25, -0.2) is 0 Å². The average molecular weight is 363 g/mol. The molecule has 0 saturated carbocycles. The monoisotopic (exact) mass is 362 g/mol. The Labute approximate surface area is 160 Å². The van der Waals surface area contributed by atoms with Crippen molar-refractivity contribution in [3.8, 4) is 0 Å². The molecule has 0 heterocycles. The van der Waals surface area contributed by atoms with Gasteiger partial charge in [-0.3, -0.25) is 0 Å². The van der Waals surface area contributed by atoms with Crippen molar-refractivity contribution in [2.75, 3.05) is 17.3 Å². The van der Waals surface area contributed by atoms with Gasteiger partial charge in [-0.1, -0.05) is 54.1 Å². The number of aryl methyl sites for hydroxylation is 1. The molecule has 0 saturated heterocycles. The molecule has 1 unspecified atom stereocenters. The molecule has 0 aliphatic heterocycles. The van der Waals surface area contributed by atoms with Crippen LogP contribution in [-0.2, 0) is 13.0 Å². The first-order chi connectivity index (χ1) is 12.7. The summed E-state index contributed by atoms with van der Waals surface area (Å²) in [7, 11) is 2.16. The van der Waals surface area contributed by atoms with Crippen LogP contribution in [0.25, 0.3) is 0 Å². The molecule has 3 heteroatoms. The Kier molecular flexibility index (Phi) is 4.85. The van der Waals surface area contributed by atoms with Gasteiger partial charge >= 0.3 is 0 Å². The zero-order valence-corrected chi connectivity index (χ0v) is 15.7. The highest BCUT2D eigenvalue weighted by atomic mass is 35.5. The fourth-order valence-electron chi connectivity index (χ4n) is 3.71. The van der Waals surface area contributed by atoms with Crippen LogP contribution < -0.4 is 10.2 Å². The number of hydrogen-bond acceptors (Lipinski definition) is 2. The van der Waals surface area contributed by atoms with Gasteiger partial charge in [0, 0.05) is 30.0 Å². The quantitative estimate of drug-likeness (QED) is 0.592. The van der Waals surface area contributed by atoms with Crippen molar-refractivity contribution >= 4 is 23.0 Å². The number of benzene rings is 3. The van der Waals surface area contributed by atoms with E-state index in [0.29, 0.717) is 6.04 Å². The van der Waals surface area contributed by atoms with Crippen molar-refractivity contribution < 1.29 is 0 Å². The second-order valence-electron chi connectivity index (χ2n) is 6.97. The third kappa shape index (κ3) is 3.71. The second kappa shape index (κ2) is 7.43. The Morgan fingerprint density at radius 3 is 2.65 bits per heavy atom. The lowest BCUT2D eigenvalue weighted by Crippen LogP contribution is -2.17. The number of nitrogens with one attached hydrogen (secondary N) is 1. The summed E-state index contributed by atoms with van der Waals surface area (Å²) in [5.41, 5.74) is 6.51. The average Bonchev–Trinajstić information content (AvgIpc) is 3.05. The van der Waals surface area contributed by atoms with Gasteiger partial charge in [0.15, 0.2) is 0 Å². The first kappa shape index (κ1) is 17.0. The second-order valence-corrected chi connectivity index (χ2v) is 7.41. The first-order valence-corrected chi connectivity index (χ1v) is 9.47. The van der Waals surface area contributed by atoms with E-state index in [1.165, 1.54) is 22.4 Å². The minimum absolute atomic E-state index is 0.341. The zero-order valence-electron chi connectivity index (χ0n) is 15.0. The molecule has 3 aromatic rings. The smallest absolute Gasteiger partial charge is 0.0520 e. The van der Waals surface area contributed by atoms with Crippen LogP contribution >= 0.6 is 11.6 Å². The molecule has 3 aromatic carbocycles. The normalized spacial score (nSPS) is 15.5. The van der Waals surface area contributed by atoms with Gasteiger partial charge in [-0.15, -0.1) is 0 Å². The summed E-state index contributed by atoms with van der Waals surface area (Å²) in [5.74, 6) is 0. The maximum Gasteiger partial charge on any atom is 0.0520 e. The molecule has 0 radical (unpaired) electrons. The fraction of sp³-hybridized carbons (Fsp3) is 0.217. The molecule has 2 nitrogen and oxygen atoms in total. The van der Waals surface area contributed by atoms with Gasteiger partial charge < -0.3 is 10.2 Å². The van der Waals surface area contributed by atoms with Crippen LogP contribution in [0.1, 0.15) is 29.2 Å². The van der Waals surface area contributed by atoms with E-state index in [0.717, 1.165) is 30.1 Å².